The number of hydrogen-bond donors (Lipinski definition) is 1. The number of fused-ring (bicyclic) bond motifs is 3. The Kier molecular flexibility index (Phi) is 4.80. The zero-order chi connectivity index (χ0) is 17.2. The minimum absolute atomic E-state index is 0.585. The van der Waals surface area contributed by atoms with E-state index in [-0.39, 0.29) is 0 Å². The van der Waals surface area contributed by atoms with E-state index in [4.69, 9.17) is 4.74 Å². The Morgan fingerprint density at radius 3 is 2.72 bits per heavy atom. The predicted octanol–water partition coefficient (Wildman–Crippen LogP) is 4.72. The minimum Gasteiger partial charge on any atom is -0.497 e. The zero-order valence-corrected chi connectivity index (χ0v) is 15.4. The molecule has 0 radical (unpaired) electrons. The van der Waals surface area contributed by atoms with E-state index in [1.54, 1.807) is 12.7 Å². The van der Waals surface area contributed by atoms with Crippen LogP contribution in [0.4, 0.5) is 0 Å². The lowest BCUT2D eigenvalue weighted by Crippen LogP contribution is -2.52. The molecule has 2 aliphatic rings. The van der Waals surface area contributed by atoms with Crippen molar-refractivity contribution in [2.75, 3.05) is 7.11 Å². The van der Waals surface area contributed by atoms with Crippen molar-refractivity contribution in [1.82, 2.24) is 5.32 Å². The van der Waals surface area contributed by atoms with Crippen LogP contribution < -0.4 is 10.1 Å². The molecule has 0 amide bonds. The molecule has 1 aliphatic carbocycles. The van der Waals surface area contributed by atoms with Crippen LogP contribution in [0.5, 0.6) is 5.75 Å². The SMILES string of the molecule is CCC1CC2c3ccc(OC)cc3CCC2C(Cc2ccccc2)N1. The molecule has 0 aromatic heterocycles. The fraction of sp³-hybridized carbons (Fsp3) is 0.478. The Morgan fingerprint density at radius 1 is 1.12 bits per heavy atom. The van der Waals surface area contributed by atoms with Crippen molar-refractivity contribution in [1.29, 1.82) is 0 Å². The molecule has 0 bridgehead atoms. The fourth-order valence-corrected chi connectivity index (χ4v) is 4.99. The molecule has 1 N–H and O–H groups in total. The Hall–Kier alpha value is -1.80. The summed E-state index contributed by atoms with van der Waals surface area (Å²) in [6.07, 6.45) is 6.08. The maximum absolute atomic E-state index is 5.45. The van der Waals surface area contributed by atoms with Gasteiger partial charge in [0.2, 0.25) is 0 Å². The number of hydrogen-bond acceptors (Lipinski definition) is 2. The molecule has 0 spiro atoms. The van der Waals surface area contributed by atoms with Crippen molar-refractivity contribution in [3.05, 3.63) is 65.2 Å². The van der Waals surface area contributed by atoms with Gasteiger partial charge in [0.05, 0.1) is 7.11 Å². The number of piperidine rings is 1. The quantitative estimate of drug-likeness (QED) is 0.872. The van der Waals surface area contributed by atoms with Crippen LogP contribution in [0.25, 0.3) is 0 Å². The van der Waals surface area contributed by atoms with Crippen LogP contribution in [-0.2, 0) is 12.8 Å². The first kappa shape index (κ1) is 16.7. The summed E-state index contributed by atoms with van der Waals surface area (Å²) in [5.74, 6) is 2.43. The highest BCUT2D eigenvalue weighted by Crippen LogP contribution is 2.45. The maximum Gasteiger partial charge on any atom is 0.119 e. The number of aryl methyl sites for hydroxylation is 1. The third kappa shape index (κ3) is 3.32. The molecular weight excluding hydrogens is 306 g/mol. The lowest BCUT2D eigenvalue weighted by molar-refractivity contribution is 0.174. The smallest absolute Gasteiger partial charge is 0.119 e. The van der Waals surface area contributed by atoms with E-state index in [2.05, 4.69) is 60.8 Å². The average Bonchev–Trinajstić information content (AvgIpc) is 2.67. The second-order valence-corrected chi connectivity index (χ2v) is 7.68. The Morgan fingerprint density at radius 2 is 1.96 bits per heavy atom. The second-order valence-electron chi connectivity index (χ2n) is 7.68. The highest BCUT2D eigenvalue weighted by molar-refractivity contribution is 5.41. The van der Waals surface area contributed by atoms with Gasteiger partial charge >= 0.3 is 0 Å². The van der Waals surface area contributed by atoms with Gasteiger partial charge in [-0.3, -0.25) is 0 Å². The molecule has 25 heavy (non-hydrogen) atoms. The maximum atomic E-state index is 5.45. The normalized spacial score (nSPS) is 28.1. The van der Waals surface area contributed by atoms with Gasteiger partial charge in [-0.05, 0) is 72.8 Å². The van der Waals surface area contributed by atoms with Crippen molar-refractivity contribution in [3.63, 3.8) is 0 Å². The Balaban J connectivity index is 1.62. The van der Waals surface area contributed by atoms with E-state index < -0.39 is 0 Å². The molecule has 2 aromatic rings. The molecule has 0 saturated carbocycles. The van der Waals surface area contributed by atoms with Crippen LogP contribution in [0.2, 0.25) is 0 Å². The minimum atomic E-state index is 0.585. The van der Waals surface area contributed by atoms with Crippen molar-refractivity contribution in [3.8, 4) is 5.75 Å². The predicted molar refractivity (Wildman–Crippen MR) is 103 cm³/mol. The standard InChI is InChI=1S/C23H29NO/c1-3-18-15-22-20-12-10-19(25-2)14-17(20)9-11-21(22)23(24-18)13-16-7-5-4-6-8-16/h4-8,10,12,14,18,21-24H,3,9,11,13,15H2,1-2H3. The van der Waals surface area contributed by atoms with E-state index in [9.17, 15) is 0 Å². The van der Waals surface area contributed by atoms with Gasteiger partial charge in [-0.1, -0.05) is 43.3 Å². The third-order valence-electron chi connectivity index (χ3n) is 6.31. The van der Waals surface area contributed by atoms with Crippen molar-refractivity contribution in [2.45, 2.75) is 57.0 Å². The highest BCUT2D eigenvalue weighted by atomic mass is 16.5. The monoisotopic (exact) mass is 335 g/mol. The van der Waals surface area contributed by atoms with Gasteiger partial charge in [0.1, 0.15) is 5.75 Å². The number of benzene rings is 2. The topological polar surface area (TPSA) is 21.3 Å². The lowest BCUT2D eigenvalue weighted by Gasteiger charge is -2.46. The summed E-state index contributed by atoms with van der Waals surface area (Å²) in [6, 6.07) is 18.9. The molecule has 132 valence electrons. The highest BCUT2D eigenvalue weighted by Gasteiger charge is 2.40. The number of ether oxygens (including phenoxy) is 1. The van der Waals surface area contributed by atoms with Crippen LogP contribution >= 0.6 is 0 Å². The molecule has 2 aromatic carbocycles. The average molecular weight is 335 g/mol. The molecular formula is C23H29NO. The fourth-order valence-electron chi connectivity index (χ4n) is 4.99. The van der Waals surface area contributed by atoms with Crippen LogP contribution in [0.15, 0.2) is 48.5 Å². The molecule has 1 fully saturated rings. The zero-order valence-electron chi connectivity index (χ0n) is 15.4. The molecule has 4 unspecified atom stereocenters. The summed E-state index contributed by atoms with van der Waals surface area (Å²) < 4.78 is 5.45. The molecule has 2 nitrogen and oxygen atoms in total. The van der Waals surface area contributed by atoms with Gasteiger partial charge in [0.15, 0.2) is 0 Å². The summed E-state index contributed by atoms with van der Waals surface area (Å²) in [5, 5.41) is 3.98. The Labute approximate surface area is 151 Å². The van der Waals surface area contributed by atoms with Crippen molar-refractivity contribution < 1.29 is 4.74 Å². The number of rotatable bonds is 4. The first-order chi connectivity index (χ1) is 12.3. The molecule has 2 heteroatoms. The lowest BCUT2D eigenvalue weighted by atomic mass is 9.66. The third-order valence-corrected chi connectivity index (χ3v) is 6.31. The van der Waals surface area contributed by atoms with Gasteiger partial charge < -0.3 is 10.1 Å². The van der Waals surface area contributed by atoms with E-state index in [0.29, 0.717) is 18.0 Å². The summed E-state index contributed by atoms with van der Waals surface area (Å²) in [5.41, 5.74) is 4.54. The van der Waals surface area contributed by atoms with Gasteiger partial charge in [0, 0.05) is 12.1 Å². The summed E-state index contributed by atoms with van der Waals surface area (Å²) in [7, 11) is 1.76. The van der Waals surface area contributed by atoms with Crippen LogP contribution in [-0.4, -0.2) is 19.2 Å². The van der Waals surface area contributed by atoms with E-state index in [1.807, 2.05) is 0 Å². The molecule has 1 saturated heterocycles. The number of methoxy groups -OCH3 is 1. The Bertz CT molecular complexity index is 711. The first-order valence-corrected chi connectivity index (χ1v) is 9.75. The van der Waals surface area contributed by atoms with E-state index in [1.165, 1.54) is 36.8 Å². The summed E-state index contributed by atoms with van der Waals surface area (Å²) >= 11 is 0. The molecule has 4 rings (SSSR count). The van der Waals surface area contributed by atoms with Crippen LogP contribution in [0.3, 0.4) is 0 Å². The van der Waals surface area contributed by atoms with Crippen molar-refractivity contribution in [2.24, 2.45) is 5.92 Å². The molecule has 4 atom stereocenters. The first-order valence-electron chi connectivity index (χ1n) is 9.75. The van der Waals surface area contributed by atoms with Gasteiger partial charge in [-0.15, -0.1) is 0 Å². The van der Waals surface area contributed by atoms with Crippen LogP contribution in [0, 0.1) is 5.92 Å². The summed E-state index contributed by atoms with van der Waals surface area (Å²) in [6.45, 7) is 2.31. The van der Waals surface area contributed by atoms with Crippen LogP contribution in [0.1, 0.15) is 48.8 Å². The van der Waals surface area contributed by atoms with E-state index >= 15 is 0 Å². The summed E-state index contributed by atoms with van der Waals surface area (Å²) in [4.78, 5) is 0. The van der Waals surface area contributed by atoms with Crippen molar-refractivity contribution >= 4 is 0 Å². The van der Waals surface area contributed by atoms with Gasteiger partial charge in [-0.25, -0.2) is 0 Å². The van der Waals surface area contributed by atoms with Gasteiger partial charge in [-0.2, -0.15) is 0 Å². The van der Waals surface area contributed by atoms with Gasteiger partial charge in [0.25, 0.3) is 0 Å². The molecule has 1 aliphatic heterocycles. The molecule has 1 heterocycles. The van der Waals surface area contributed by atoms with E-state index in [0.717, 1.165) is 18.1 Å². The number of nitrogens with one attached hydrogen (secondary N) is 1. The second kappa shape index (κ2) is 7.21. The largest absolute Gasteiger partial charge is 0.497 e.